The molecule has 0 aliphatic carbocycles. The number of anilines is 1. The van der Waals surface area contributed by atoms with Gasteiger partial charge in [-0.25, -0.2) is 4.99 Å². The minimum atomic E-state index is -0.0216. The first-order valence-electron chi connectivity index (χ1n) is 11.6. The number of likely N-dealkylation sites (N-methyl/N-ethyl adjacent to an activating group) is 1. The second-order valence-corrected chi connectivity index (χ2v) is 10.7. The van der Waals surface area contributed by atoms with Crippen molar-refractivity contribution in [3.05, 3.63) is 111 Å². The average Bonchev–Trinajstić information content (AvgIpc) is 3.37. The molecule has 2 aliphatic rings. The molecule has 0 unspecified atom stereocenters. The van der Waals surface area contributed by atoms with Crippen LogP contribution in [0.4, 0.5) is 11.4 Å². The van der Waals surface area contributed by atoms with Crippen LogP contribution in [-0.4, -0.2) is 29.6 Å². The first-order chi connectivity index (χ1) is 17.5. The van der Waals surface area contributed by atoms with Crippen molar-refractivity contribution >= 4 is 69.7 Å². The number of aliphatic imine (C=N–C) groups is 1. The lowest BCUT2D eigenvalue weighted by atomic mass is 10.1. The summed E-state index contributed by atoms with van der Waals surface area (Å²) < 4.78 is 0. The Morgan fingerprint density at radius 2 is 1.64 bits per heavy atom. The number of fused-ring (bicyclic) bond motifs is 1. The summed E-state index contributed by atoms with van der Waals surface area (Å²) in [5, 5.41) is 2.45. The molecule has 1 saturated heterocycles. The lowest BCUT2D eigenvalue weighted by Gasteiger charge is -2.13. The number of thioether (sulfide) groups is 2. The molecule has 0 atom stereocenters. The molecule has 3 aromatic rings. The Kier molecular flexibility index (Phi) is 7.37. The second kappa shape index (κ2) is 10.8. The van der Waals surface area contributed by atoms with E-state index in [0.29, 0.717) is 21.6 Å². The summed E-state index contributed by atoms with van der Waals surface area (Å²) in [7, 11) is 2.01. The molecular formula is C29H24ClN3OS2. The molecule has 36 heavy (non-hydrogen) atoms. The summed E-state index contributed by atoms with van der Waals surface area (Å²) in [6.45, 7) is 2.53. The van der Waals surface area contributed by atoms with Crippen molar-refractivity contribution in [2.75, 3.05) is 18.5 Å². The zero-order chi connectivity index (χ0) is 25.1. The molecule has 0 bridgehead atoms. The second-order valence-electron chi connectivity index (χ2n) is 8.19. The molecule has 0 N–H and O–H groups in total. The van der Waals surface area contributed by atoms with Crippen LogP contribution < -0.4 is 4.90 Å². The normalized spacial score (nSPS) is 18.9. The van der Waals surface area contributed by atoms with E-state index in [-0.39, 0.29) is 5.91 Å². The van der Waals surface area contributed by atoms with E-state index < -0.39 is 0 Å². The summed E-state index contributed by atoms with van der Waals surface area (Å²) in [6.07, 6.45) is 8.05. The number of amidine groups is 1. The Hall–Kier alpha value is -3.19. The van der Waals surface area contributed by atoms with Gasteiger partial charge in [0.15, 0.2) is 5.17 Å². The third-order valence-corrected chi connectivity index (χ3v) is 8.24. The lowest BCUT2D eigenvalue weighted by Crippen LogP contribution is -2.28. The quantitative estimate of drug-likeness (QED) is 0.247. The van der Waals surface area contributed by atoms with Crippen molar-refractivity contribution in [1.82, 2.24) is 4.90 Å². The number of rotatable bonds is 5. The van der Waals surface area contributed by atoms with E-state index in [1.54, 1.807) is 16.7 Å². The number of halogens is 1. The maximum absolute atomic E-state index is 13.0. The van der Waals surface area contributed by atoms with E-state index in [1.807, 2.05) is 86.8 Å². The molecule has 3 aromatic carbocycles. The SMILES string of the molecule is CCN1C(=O)/C(=C/C=C2/Sc3ccc(Cl)cc3N2C)SC1=Nc1ccc(/C=C\c2ccccc2)cc1. The van der Waals surface area contributed by atoms with Gasteiger partial charge < -0.3 is 4.90 Å². The van der Waals surface area contributed by atoms with Crippen LogP contribution in [0.5, 0.6) is 0 Å². The smallest absolute Gasteiger partial charge is 0.266 e. The summed E-state index contributed by atoms with van der Waals surface area (Å²) in [5.74, 6) is -0.0216. The van der Waals surface area contributed by atoms with Crippen LogP contribution in [0.15, 0.2) is 105 Å². The van der Waals surface area contributed by atoms with Crippen molar-refractivity contribution < 1.29 is 4.79 Å². The molecule has 180 valence electrons. The number of nitrogens with zero attached hydrogens (tertiary/aromatic N) is 3. The molecule has 0 saturated carbocycles. The predicted molar refractivity (Wildman–Crippen MR) is 156 cm³/mol. The maximum Gasteiger partial charge on any atom is 0.266 e. The maximum atomic E-state index is 13.0. The summed E-state index contributed by atoms with van der Waals surface area (Å²) in [5.41, 5.74) is 4.14. The Morgan fingerprint density at radius 1 is 0.917 bits per heavy atom. The Labute approximate surface area is 225 Å². The zero-order valence-corrected chi connectivity index (χ0v) is 22.3. The van der Waals surface area contributed by atoms with Crippen LogP contribution in [0, 0.1) is 0 Å². The third-order valence-electron chi connectivity index (χ3n) is 5.79. The van der Waals surface area contributed by atoms with Gasteiger partial charge in [-0.2, -0.15) is 0 Å². The van der Waals surface area contributed by atoms with Crippen LogP contribution in [0.1, 0.15) is 18.1 Å². The van der Waals surface area contributed by atoms with Gasteiger partial charge in [0.05, 0.1) is 21.3 Å². The van der Waals surface area contributed by atoms with Crippen LogP contribution in [0.25, 0.3) is 12.2 Å². The highest BCUT2D eigenvalue weighted by Crippen LogP contribution is 2.46. The van der Waals surface area contributed by atoms with E-state index in [4.69, 9.17) is 16.6 Å². The van der Waals surface area contributed by atoms with Gasteiger partial charge in [-0.1, -0.05) is 78.0 Å². The average molecular weight is 530 g/mol. The summed E-state index contributed by atoms with van der Waals surface area (Å²) in [4.78, 5) is 23.4. The fourth-order valence-corrected chi connectivity index (χ4v) is 6.05. The molecule has 1 amide bonds. The van der Waals surface area contributed by atoms with Crippen LogP contribution in [0.3, 0.4) is 0 Å². The topological polar surface area (TPSA) is 35.9 Å². The van der Waals surface area contributed by atoms with Gasteiger partial charge in [0, 0.05) is 23.5 Å². The Morgan fingerprint density at radius 3 is 2.36 bits per heavy atom. The van der Waals surface area contributed by atoms with Gasteiger partial charge in [-0.15, -0.1) is 0 Å². The molecule has 7 heteroatoms. The fraction of sp³-hybridized carbons (Fsp3) is 0.103. The largest absolute Gasteiger partial charge is 0.338 e. The van der Waals surface area contributed by atoms with Gasteiger partial charge in [0.1, 0.15) is 0 Å². The van der Waals surface area contributed by atoms with Crippen LogP contribution in [-0.2, 0) is 4.79 Å². The third kappa shape index (κ3) is 5.31. The standard InChI is InChI=1S/C29H24ClN3OS2/c1-3-33-28(34)26(17-18-27-32(2)24-19-22(30)13-16-25(24)35-27)36-29(33)31-23-14-11-21(12-15-23)10-9-20-7-5-4-6-8-20/h4-19H,3H2,1-2H3/b10-9-,26-17-,27-18+,31-29?. The van der Waals surface area contributed by atoms with Gasteiger partial charge in [0.25, 0.3) is 5.91 Å². The molecule has 2 heterocycles. The van der Waals surface area contributed by atoms with E-state index in [9.17, 15) is 4.79 Å². The Bertz CT molecular complexity index is 1410. The molecule has 5 rings (SSSR count). The van der Waals surface area contributed by atoms with Gasteiger partial charge >= 0.3 is 0 Å². The number of carbonyl (C=O) groups excluding carboxylic acids is 1. The van der Waals surface area contributed by atoms with Crippen molar-refractivity contribution in [2.24, 2.45) is 4.99 Å². The van der Waals surface area contributed by atoms with Gasteiger partial charge in [0.2, 0.25) is 0 Å². The number of benzene rings is 3. The lowest BCUT2D eigenvalue weighted by molar-refractivity contribution is -0.122. The van der Waals surface area contributed by atoms with Crippen molar-refractivity contribution in [2.45, 2.75) is 11.8 Å². The highest BCUT2D eigenvalue weighted by atomic mass is 35.5. The van der Waals surface area contributed by atoms with E-state index in [0.717, 1.165) is 32.4 Å². The van der Waals surface area contributed by atoms with E-state index in [2.05, 4.69) is 29.2 Å². The predicted octanol–water partition coefficient (Wildman–Crippen LogP) is 8.06. The monoisotopic (exact) mass is 529 g/mol. The van der Waals surface area contributed by atoms with E-state index in [1.165, 1.54) is 11.8 Å². The van der Waals surface area contributed by atoms with Crippen molar-refractivity contribution in [3.8, 4) is 0 Å². The highest BCUT2D eigenvalue weighted by molar-refractivity contribution is 8.18. The first kappa shape index (κ1) is 24.5. The first-order valence-corrected chi connectivity index (χ1v) is 13.6. The zero-order valence-electron chi connectivity index (χ0n) is 19.9. The summed E-state index contributed by atoms with van der Waals surface area (Å²) >= 11 is 9.24. The number of amides is 1. The molecular weight excluding hydrogens is 506 g/mol. The van der Waals surface area contributed by atoms with Crippen LogP contribution >= 0.6 is 35.1 Å². The van der Waals surface area contributed by atoms with Crippen LogP contribution in [0.2, 0.25) is 5.02 Å². The molecule has 0 radical (unpaired) electrons. The highest BCUT2D eigenvalue weighted by Gasteiger charge is 2.32. The molecule has 0 aromatic heterocycles. The number of allylic oxidation sites excluding steroid dienone is 2. The fourth-order valence-electron chi connectivity index (χ4n) is 3.84. The Balaban J connectivity index is 1.32. The number of hydrogen-bond acceptors (Lipinski definition) is 5. The van der Waals surface area contributed by atoms with E-state index >= 15 is 0 Å². The van der Waals surface area contributed by atoms with Crippen molar-refractivity contribution in [1.29, 1.82) is 0 Å². The molecule has 0 spiro atoms. The number of hydrogen-bond donors (Lipinski definition) is 0. The van der Waals surface area contributed by atoms with Crippen molar-refractivity contribution in [3.63, 3.8) is 0 Å². The molecule has 4 nitrogen and oxygen atoms in total. The number of carbonyl (C=O) groups is 1. The van der Waals surface area contributed by atoms with Gasteiger partial charge in [-0.3, -0.25) is 9.69 Å². The molecule has 1 fully saturated rings. The van der Waals surface area contributed by atoms with Gasteiger partial charge in [-0.05, 0) is 72.3 Å². The minimum absolute atomic E-state index is 0.0216. The molecule has 2 aliphatic heterocycles. The minimum Gasteiger partial charge on any atom is -0.338 e. The summed E-state index contributed by atoms with van der Waals surface area (Å²) in [6, 6.07) is 24.1.